The summed E-state index contributed by atoms with van der Waals surface area (Å²) in [4.78, 5) is 30.0. The zero-order chi connectivity index (χ0) is 22.0. The highest BCUT2D eigenvalue weighted by molar-refractivity contribution is 5.96. The van der Waals surface area contributed by atoms with E-state index in [0.717, 1.165) is 11.5 Å². The van der Waals surface area contributed by atoms with Crippen LogP contribution in [-0.2, 0) is 28.7 Å². The van der Waals surface area contributed by atoms with Gasteiger partial charge in [-0.1, -0.05) is 12.1 Å². The number of fused-ring (bicyclic) bond motifs is 1. The van der Waals surface area contributed by atoms with Crippen molar-refractivity contribution >= 4 is 22.6 Å². The third-order valence-electron chi connectivity index (χ3n) is 4.97. The van der Waals surface area contributed by atoms with Gasteiger partial charge in [0.15, 0.2) is 5.78 Å². The number of halogens is 3. The van der Waals surface area contributed by atoms with Crippen LogP contribution in [0, 0.1) is 0 Å². The zero-order valence-corrected chi connectivity index (χ0v) is 16.4. The van der Waals surface area contributed by atoms with Gasteiger partial charge in [0.1, 0.15) is 17.9 Å². The Kier molecular flexibility index (Phi) is 5.73. The second-order valence-electron chi connectivity index (χ2n) is 7.22. The van der Waals surface area contributed by atoms with Gasteiger partial charge in [-0.25, -0.2) is 4.98 Å². The highest BCUT2D eigenvalue weighted by atomic mass is 19.4. The lowest BCUT2D eigenvalue weighted by atomic mass is 10.0. The molecule has 1 fully saturated rings. The van der Waals surface area contributed by atoms with Gasteiger partial charge in [0.2, 0.25) is 5.91 Å². The molecular formula is C21H19F3N4O3. The molecule has 0 unspecified atom stereocenters. The number of hydrogen-bond donors (Lipinski definition) is 0. The smallest absolute Gasteiger partial charge is 0.378 e. The molecule has 1 aromatic carbocycles. The second-order valence-corrected chi connectivity index (χ2v) is 7.22. The molecule has 31 heavy (non-hydrogen) atoms. The van der Waals surface area contributed by atoms with E-state index in [4.69, 9.17) is 4.74 Å². The summed E-state index contributed by atoms with van der Waals surface area (Å²) >= 11 is 0. The quantitative estimate of drug-likeness (QED) is 0.580. The number of ketones is 1. The molecule has 0 radical (unpaired) electrons. The van der Waals surface area contributed by atoms with E-state index in [-0.39, 0.29) is 24.6 Å². The molecule has 1 saturated heterocycles. The Hall–Kier alpha value is -3.27. The minimum Gasteiger partial charge on any atom is -0.378 e. The van der Waals surface area contributed by atoms with Crippen LogP contribution in [0.3, 0.4) is 0 Å². The van der Waals surface area contributed by atoms with Gasteiger partial charge in [-0.15, -0.1) is 0 Å². The van der Waals surface area contributed by atoms with Crippen molar-refractivity contribution in [3.05, 3.63) is 59.5 Å². The molecule has 10 heteroatoms. The van der Waals surface area contributed by atoms with Crippen molar-refractivity contribution in [1.82, 2.24) is 19.7 Å². The van der Waals surface area contributed by atoms with E-state index in [1.807, 2.05) is 0 Å². The van der Waals surface area contributed by atoms with Gasteiger partial charge in [0.25, 0.3) is 0 Å². The number of ether oxygens (including phenoxy) is 1. The molecule has 1 amide bonds. The van der Waals surface area contributed by atoms with Crippen LogP contribution in [0.25, 0.3) is 10.9 Å². The molecule has 162 valence electrons. The Balaban J connectivity index is 1.47. The van der Waals surface area contributed by atoms with E-state index in [0.29, 0.717) is 37.4 Å². The predicted molar refractivity (Wildman–Crippen MR) is 104 cm³/mol. The average molecular weight is 432 g/mol. The fraction of sp³-hybridized carbons (Fsp3) is 0.333. The van der Waals surface area contributed by atoms with Crippen molar-refractivity contribution in [3.8, 4) is 0 Å². The predicted octanol–water partition coefficient (Wildman–Crippen LogP) is 2.73. The minimum atomic E-state index is -4.61. The molecule has 3 heterocycles. The number of morpholine rings is 1. The first kappa shape index (κ1) is 21.0. The zero-order valence-electron chi connectivity index (χ0n) is 16.4. The number of rotatable bonds is 5. The summed E-state index contributed by atoms with van der Waals surface area (Å²) in [5.41, 5.74) is -0.0549. The monoisotopic (exact) mass is 432 g/mol. The topological polar surface area (TPSA) is 77.3 Å². The molecule has 4 rings (SSSR count). The maximum absolute atomic E-state index is 12.8. The third kappa shape index (κ3) is 4.91. The molecule has 1 aliphatic heterocycles. The third-order valence-corrected chi connectivity index (χ3v) is 4.97. The van der Waals surface area contributed by atoms with Crippen LogP contribution < -0.4 is 0 Å². The fourth-order valence-electron chi connectivity index (χ4n) is 3.39. The van der Waals surface area contributed by atoms with Gasteiger partial charge in [-0.2, -0.15) is 18.3 Å². The number of pyridine rings is 1. The molecule has 1 aliphatic rings. The Labute approximate surface area is 175 Å². The molecule has 2 aromatic heterocycles. The van der Waals surface area contributed by atoms with Crippen LogP contribution in [0.1, 0.15) is 21.7 Å². The summed E-state index contributed by atoms with van der Waals surface area (Å²) in [7, 11) is 0. The van der Waals surface area contributed by atoms with E-state index < -0.39 is 17.7 Å². The standard InChI is InChI=1S/C21H19F3N4O3/c22-21(23,24)19-3-1-2-17(25-19)18(29)11-14-4-5-16-15(10-14)12-28(26-16)13-20(30)27-6-8-31-9-7-27/h1-5,10,12H,6-9,11,13H2. The summed E-state index contributed by atoms with van der Waals surface area (Å²) in [6, 6.07) is 8.41. The lowest BCUT2D eigenvalue weighted by Crippen LogP contribution is -2.42. The highest BCUT2D eigenvalue weighted by Gasteiger charge is 2.32. The normalized spacial score (nSPS) is 14.7. The number of carbonyl (C=O) groups excluding carboxylic acids is 2. The molecule has 0 aliphatic carbocycles. The van der Waals surface area contributed by atoms with E-state index in [1.165, 1.54) is 12.1 Å². The number of aromatic nitrogens is 3. The molecule has 0 saturated carbocycles. The lowest BCUT2D eigenvalue weighted by molar-refractivity contribution is -0.141. The SMILES string of the molecule is O=C(Cc1ccc2nn(CC(=O)N3CCOCC3)cc2c1)c1cccc(C(F)(F)F)n1. The van der Waals surface area contributed by atoms with Crippen LogP contribution in [0.15, 0.2) is 42.6 Å². The number of amides is 1. The fourth-order valence-corrected chi connectivity index (χ4v) is 3.39. The molecule has 0 atom stereocenters. The number of nitrogens with zero attached hydrogens (tertiary/aromatic N) is 4. The highest BCUT2D eigenvalue weighted by Crippen LogP contribution is 2.27. The number of Topliss-reactive ketones (excluding diaryl/α,β-unsaturated/α-hetero) is 1. The Morgan fingerprint density at radius 3 is 2.61 bits per heavy atom. The Morgan fingerprint density at radius 1 is 1.10 bits per heavy atom. The molecule has 0 N–H and O–H groups in total. The van der Waals surface area contributed by atoms with E-state index in [9.17, 15) is 22.8 Å². The van der Waals surface area contributed by atoms with Crippen LogP contribution in [0.5, 0.6) is 0 Å². The maximum Gasteiger partial charge on any atom is 0.433 e. The summed E-state index contributed by atoms with van der Waals surface area (Å²) in [5, 5.41) is 5.11. The first-order valence-corrected chi connectivity index (χ1v) is 9.69. The van der Waals surface area contributed by atoms with Gasteiger partial charge < -0.3 is 9.64 Å². The van der Waals surface area contributed by atoms with Gasteiger partial charge >= 0.3 is 6.18 Å². The average Bonchev–Trinajstić information content (AvgIpc) is 3.15. The molecule has 0 bridgehead atoms. The van der Waals surface area contributed by atoms with Crippen molar-refractivity contribution in [2.45, 2.75) is 19.1 Å². The maximum atomic E-state index is 12.8. The lowest BCUT2D eigenvalue weighted by Gasteiger charge is -2.26. The molecule has 0 spiro atoms. The van der Waals surface area contributed by atoms with Crippen molar-refractivity contribution in [2.75, 3.05) is 26.3 Å². The van der Waals surface area contributed by atoms with Gasteiger partial charge in [-0.3, -0.25) is 14.3 Å². The number of alkyl halides is 3. The number of carbonyl (C=O) groups is 2. The number of hydrogen-bond acceptors (Lipinski definition) is 5. The first-order valence-electron chi connectivity index (χ1n) is 9.69. The molecule has 7 nitrogen and oxygen atoms in total. The summed E-state index contributed by atoms with van der Waals surface area (Å²) in [5.74, 6) is -0.567. The van der Waals surface area contributed by atoms with E-state index in [1.54, 1.807) is 34.0 Å². The van der Waals surface area contributed by atoms with Gasteiger partial charge in [0, 0.05) is 31.1 Å². The molecule has 3 aromatic rings. The van der Waals surface area contributed by atoms with Crippen LogP contribution in [0.2, 0.25) is 0 Å². The summed E-state index contributed by atoms with van der Waals surface area (Å²) in [6.07, 6.45) is -2.99. The van der Waals surface area contributed by atoms with E-state index in [2.05, 4.69) is 10.1 Å². The Bertz CT molecular complexity index is 1120. The van der Waals surface area contributed by atoms with E-state index >= 15 is 0 Å². The summed E-state index contributed by atoms with van der Waals surface area (Å²) in [6.45, 7) is 2.23. The van der Waals surface area contributed by atoms with Crippen LogP contribution in [0.4, 0.5) is 13.2 Å². The van der Waals surface area contributed by atoms with Crippen LogP contribution >= 0.6 is 0 Å². The number of benzene rings is 1. The van der Waals surface area contributed by atoms with Crippen molar-refractivity contribution in [3.63, 3.8) is 0 Å². The first-order chi connectivity index (χ1) is 14.8. The van der Waals surface area contributed by atoms with Gasteiger partial charge in [-0.05, 0) is 29.8 Å². The van der Waals surface area contributed by atoms with Crippen LogP contribution in [-0.4, -0.2) is 57.7 Å². The van der Waals surface area contributed by atoms with Crippen molar-refractivity contribution < 1.29 is 27.5 Å². The minimum absolute atomic E-state index is 0.0536. The largest absolute Gasteiger partial charge is 0.433 e. The molecular weight excluding hydrogens is 413 g/mol. The summed E-state index contributed by atoms with van der Waals surface area (Å²) < 4.78 is 45.3. The van der Waals surface area contributed by atoms with Crippen molar-refractivity contribution in [1.29, 1.82) is 0 Å². The van der Waals surface area contributed by atoms with Crippen molar-refractivity contribution in [2.24, 2.45) is 0 Å². The Morgan fingerprint density at radius 2 is 1.87 bits per heavy atom. The second kappa shape index (κ2) is 8.46. The van der Waals surface area contributed by atoms with Gasteiger partial charge in [0.05, 0.1) is 18.7 Å².